The molecule has 0 amide bonds. The molecule has 1 aromatic carbocycles. The number of halogens is 4. The van der Waals surface area contributed by atoms with Gasteiger partial charge in [-0.1, -0.05) is 0 Å². The van der Waals surface area contributed by atoms with E-state index in [-0.39, 0.29) is 5.69 Å². The van der Waals surface area contributed by atoms with Gasteiger partial charge < -0.3 is 10.0 Å². The predicted molar refractivity (Wildman–Crippen MR) is 67.3 cm³/mol. The number of hydrogen-bond acceptors (Lipinski definition) is 2. The minimum atomic E-state index is -4.61. The summed E-state index contributed by atoms with van der Waals surface area (Å²) in [6.45, 7) is 2.57. The number of alkyl halides is 3. The second-order valence-corrected chi connectivity index (χ2v) is 4.49. The van der Waals surface area contributed by atoms with Crippen LogP contribution in [0.15, 0.2) is 21.6 Å². The van der Waals surface area contributed by atoms with Gasteiger partial charge in [-0.15, -0.1) is 0 Å². The molecule has 1 aromatic rings. The molecule has 0 fully saturated rings. The number of nitrogens with zero attached hydrogens (tertiary/aromatic N) is 2. The van der Waals surface area contributed by atoms with Crippen LogP contribution < -0.4 is 0 Å². The van der Waals surface area contributed by atoms with Crippen molar-refractivity contribution in [3.05, 3.63) is 22.2 Å². The molecule has 18 heavy (non-hydrogen) atoms. The van der Waals surface area contributed by atoms with Crippen molar-refractivity contribution in [3.63, 3.8) is 0 Å². The van der Waals surface area contributed by atoms with Gasteiger partial charge >= 0.3 is 6.18 Å². The van der Waals surface area contributed by atoms with Gasteiger partial charge in [-0.05, 0) is 35.0 Å². The smallest absolute Gasteiger partial charge is 0.420 e. The first-order chi connectivity index (χ1) is 8.25. The van der Waals surface area contributed by atoms with Crippen molar-refractivity contribution in [1.29, 1.82) is 0 Å². The lowest BCUT2D eigenvalue weighted by atomic mass is 10.1. The summed E-state index contributed by atoms with van der Waals surface area (Å²) in [6.07, 6.45) is -3.18. The van der Waals surface area contributed by atoms with Crippen LogP contribution in [-0.2, 0) is 6.18 Å². The zero-order chi connectivity index (χ0) is 13.9. The molecule has 0 radical (unpaired) electrons. The normalized spacial score (nSPS) is 12.1. The molecule has 0 spiro atoms. The van der Waals surface area contributed by atoms with Crippen LogP contribution in [0.4, 0.5) is 18.9 Å². The maximum atomic E-state index is 12.6. The Morgan fingerprint density at radius 2 is 2.06 bits per heavy atom. The van der Waals surface area contributed by atoms with E-state index in [0.29, 0.717) is 11.0 Å². The summed E-state index contributed by atoms with van der Waals surface area (Å²) in [5, 5.41) is 9.26. The number of aromatic hydroxyl groups is 1. The Bertz CT molecular complexity index is 460. The van der Waals surface area contributed by atoms with Gasteiger partial charge in [0.25, 0.3) is 0 Å². The highest BCUT2D eigenvalue weighted by molar-refractivity contribution is 9.10. The van der Waals surface area contributed by atoms with Gasteiger partial charge in [0.05, 0.1) is 17.6 Å². The first kappa shape index (κ1) is 14.8. The van der Waals surface area contributed by atoms with Crippen molar-refractivity contribution in [1.82, 2.24) is 4.90 Å². The van der Waals surface area contributed by atoms with Crippen LogP contribution in [0.3, 0.4) is 0 Å². The second kappa shape index (κ2) is 5.60. The van der Waals surface area contributed by atoms with E-state index in [2.05, 4.69) is 20.9 Å². The molecule has 0 aliphatic carbocycles. The molecule has 0 heterocycles. The minimum absolute atomic E-state index is 0.112. The van der Waals surface area contributed by atoms with E-state index in [1.54, 1.807) is 11.9 Å². The van der Waals surface area contributed by atoms with Gasteiger partial charge in [0, 0.05) is 18.1 Å². The fraction of sp³-hybridized carbons (Fsp3) is 0.364. The average molecular weight is 325 g/mol. The quantitative estimate of drug-likeness (QED) is 0.678. The number of hydrogen-bond donors (Lipinski definition) is 1. The molecule has 0 aliphatic heterocycles. The number of phenolic OH excluding ortho intramolecular Hbond substituents is 1. The summed E-state index contributed by atoms with van der Waals surface area (Å²) in [7, 11) is 1.75. The fourth-order valence-electron chi connectivity index (χ4n) is 1.12. The molecule has 0 unspecified atom stereocenters. The van der Waals surface area contributed by atoms with Gasteiger partial charge in [-0.3, -0.25) is 0 Å². The van der Waals surface area contributed by atoms with Gasteiger partial charge in [0.1, 0.15) is 5.75 Å². The van der Waals surface area contributed by atoms with Crippen molar-refractivity contribution in [2.24, 2.45) is 4.99 Å². The topological polar surface area (TPSA) is 35.8 Å². The molecule has 3 nitrogen and oxygen atoms in total. The van der Waals surface area contributed by atoms with E-state index in [0.717, 1.165) is 12.1 Å². The molecule has 100 valence electrons. The molecule has 0 bridgehead atoms. The molecule has 0 aromatic heterocycles. The van der Waals surface area contributed by atoms with Gasteiger partial charge in [-0.25, -0.2) is 4.99 Å². The monoisotopic (exact) mass is 324 g/mol. The molecule has 0 saturated heterocycles. The maximum Gasteiger partial charge on any atom is 0.420 e. The maximum absolute atomic E-state index is 12.6. The number of phenols is 1. The van der Waals surface area contributed by atoms with Gasteiger partial charge in [0.2, 0.25) is 0 Å². The third-order valence-corrected chi connectivity index (χ3v) is 2.90. The van der Waals surface area contributed by atoms with Crippen LogP contribution >= 0.6 is 15.9 Å². The highest BCUT2D eigenvalue weighted by Gasteiger charge is 2.34. The van der Waals surface area contributed by atoms with Crippen molar-refractivity contribution in [2.45, 2.75) is 13.1 Å². The Labute approximate surface area is 111 Å². The molecule has 7 heteroatoms. The third kappa shape index (κ3) is 3.63. The lowest BCUT2D eigenvalue weighted by Gasteiger charge is -2.12. The summed E-state index contributed by atoms with van der Waals surface area (Å²) in [5.41, 5.74) is -0.988. The molecular formula is C11H12BrF3N2O. The Morgan fingerprint density at radius 3 is 2.56 bits per heavy atom. The average Bonchev–Trinajstić information content (AvgIpc) is 2.25. The molecule has 0 atom stereocenters. The Balaban J connectivity index is 3.18. The van der Waals surface area contributed by atoms with Crippen LogP contribution in [0, 0.1) is 0 Å². The predicted octanol–water partition coefficient (Wildman–Crippen LogP) is 3.79. The van der Waals surface area contributed by atoms with Crippen LogP contribution in [-0.4, -0.2) is 29.9 Å². The standard InChI is InChI=1S/C11H12BrF3N2O/c1-3-17(2)6-16-9-4-7(11(13,14)15)10(18)5-8(9)12/h4-6,18H,3H2,1-2H3. The lowest BCUT2D eigenvalue weighted by Crippen LogP contribution is -2.14. The van der Waals surface area contributed by atoms with Gasteiger partial charge in [0.15, 0.2) is 0 Å². The molecule has 0 aliphatic rings. The van der Waals surface area contributed by atoms with Crippen LogP contribution in [0.25, 0.3) is 0 Å². The van der Waals surface area contributed by atoms with E-state index in [9.17, 15) is 18.3 Å². The van der Waals surface area contributed by atoms with E-state index in [1.165, 1.54) is 6.34 Å². The lowest BCUT2D eigenvalue weighted by molar-refractivity contribution is -0.138. The number of benzene rings is 1. The number of aliphatic imine (C=N–C) groups is 1. The molecule has 1 N–H and O–H groups in total. The van der Waals surface area contributed by atoms with Crippen LogP contribution in [0.1, 0.15) is 12.5 Å². The van der Waals surface area contributed by atoms with E-state index in [4.69, 9.17) is 0 Å². The number of rotatable bonds is 3. The summed E-state index contributed by atoms with van der Waals surface area (Å²) in [4.78, 5) is 5.65. The summed E-state index contributed by atoms with van der Waals surface area (Å²) < 4.78 is 38.1. The highest BCUT2D eigenvalue weighted by Crippen LogP contribution is 2.41. The first-order valence-corrected chi connectivity index (χ1v) is 5.89. The largest absolute Gasteiger partial charge is 0.507 e. The molecule has 0 saturated carbocycles. The Hall–Kier alpha value is -1.24. The van der Waals surface area contributed by atoms with Crippen molar-refractivity contribution in [3.8, 4) is 5.75 Å². The van der Waals surface area contributed by atoms with Gasteiger partial charge in [-0.2, -0.15) is 13.2 Å². The molecular weight excluding hydrogens is 313 g/mol. The fourth-order valence-corrected chi connectivity index (χ4v) is 1.55. The zero-order valence-electron chi connectivity index (χ0n) is 9.79. The summed E-state index contributed by atoms with van der Waals surface area (Å²) in [5.74, 6) is -0.822. The SMILES string of the molecule is CCN(C)C=Nc1cc(C(F)(F)F)c(O)cc1Br. The van der Waals surface area contributed by atoms with Crippen molar-refractivity contribution < 1.29 is 18.3 Å². The zero-order valence-corrected chi connectivity index (χ0v) is 11.4. The second-order valence-electron chi connectivity index (χ2n) is 3.64. The van der Waals surface area contributed by atoms with Crippen molar-refractivity contribution >= 4 is 28.0 Å². The first-order valence-electron chi connectivity index (χ1n) is 5.09. The Morgan fingerprint density at radius 1 is 1.44 bits per heavy atom. The molecule has 1 rings (SSSR count). The van der Waals surface area contributed by atoms with E-state index >= 15 is 0 Å². The van der Waals surface area contributed by atoms with E-state index in [1.807, 2.05) is 6.92 Å². The highest BCUT2D eigenvalue weighted by atomic mass is 79.9. The summed E-state index contributed by atoms with van der Waals surface area (Å²) >= 11 is 3.06. The minimum Gasteiger partial charge on any atom is -0.507 e. The summed E-state index contributed by atoms with van der Waals surface area (Å²) in [6, 6.07) is 1.79. The van der Waals surface area contributed by atoms with Crippen molar-refractivity contribution in [2.75, 3.05) is 13.6 Å². The van der Waals surface area contributed by atoms with Crippen LogP contribution in [0.2, 0.25) is 0 Å². The third-order valence-electron chi connectivity index (χ3n) is 2.26. The Kier molecular flexibility index (Phi) is 4.61. The van der Waals surface area contributed by atoms with Crippen LogP contribution in [0.5, 0.6) is 5.75 Å². The van der Waals surface area contributed by atoms with E-state index < -0.39 is 17.5 Å².